The molecule has 2 aliphatic rings. The van der Waals surface area contributed by atoms with Crippen molar-refractivity contribution in [1.29, 1.82) is 0 Å². The Bertz CT molecular complexity index is 196. The lowest BCUT2D eigenvalue weighted by molar-refractivity contribution is 0.223. The van der Waals surface area contributed by atoms with E-state index in [-0.39, 0.29) is 0 Å². The first-order valence-corrected chi connectivity index (χ1v) is 7.87. The summed E-state index contributed by atoms with van der Waals surface area (Å²) in [6.45, 7) is 2.32. The van der Waals surface area contributed by atoms with Gasteiger partial charge in [-0.1, -0.05) is 45.4 Å². The third-order valence-corrected chi connectivity index (χ3v) is 5.38. The molecule has 0 N–H and O–H groups in total. The smallest absolute Gasteiger partial charge is 0.0364 e. The van der Waals surface area contributed by atoms with Crippen LogP contribution in [-0.2, 0) is 0 Å². The monoisotopic (exact) mass is 242 g/mol. The molecule has 0 heterocycles. The molecule has 3 unspecified atom stereocenters. The Morgan fingerprint density at radius 2 is 1.75 bits per heavy atom. The van der Waals surface area contributed by atoms with Crippen LogP contribution in [0.1, 0.15) is 71.1 Å². The van der Waals surface area contributed by atoms with Crippen LogP contribution in [0.4, 0.5) is 0 Å². The molecule has 0 aromatic rings. The van der Waals surface area contributed by atoms with Gasteiger partial charge in [0.2, 0.25) is 0 Å². The van der Waals surface area contributed by atoms with Crippen LogP contribution in [-0.4, -0.2) is 5.38 Å². The van der Waals surface area contributed by atoms with Crippen molar-refractivity contribution in [2.45, 2.75) is 76.5 Å². The normalized spacial score (nSPS) is 36.8. The molecule has 0 aromatic heterocycles. The molecule has 2 rings (SSSR count). The van der Waals surface area contributed by atoms with E-state index in [1.165, 1.54) is 64.2 Å². The highest BCUT2D eigenvalue weighted by molar-refractivity contribution is 6.20. The summed E-state index contributed by atoms with van der Waals surface area (Å²) in [5.74, 6) is 2.85. The fourth-order valence-electron chi connectivity index (χ4n) is 3.91. The van der Waals surface area contributed by atoms with E-state index in [0.29, 0.717) is 5.38 Å². The van der Waals surface area contributed by atoms with Gasteiger partial charge < -0.3 is 0 Å². The first-order chi connectivity index (χ1) is 7.79. The zero-order chi connectivity index (χ0) is 11.4. The van der Waals surface area contributed by atoms with Gasteiger partial charge in [0.1, 0.15) is 0 Å². The largest absolute Gasteiger partial charge is 0.123 e. The van der Waals surface area contributed by atoms with Gasteiger partial charge in [-0.05, 0) is 43.4 Å². The van der Waals surface area contributed by atoms with Crippen molar-refractivity contribution < 1.29 is 0 Å². The standard InChI is InChI=1S/C15H27Cl/c1-2-5-12-8-9-15(16)14(10-12)11-13-6-3-4-7-13/h12-15H,2-11H2,1H3. The fraction of sp³-hybridized carbons (Fsp3) is 1.00. The van der Waals surface area contributed by atoms with E-state index in [1.807, 2.05) is 0 Å². The molecule has 0 spiro atoms. The average molecular weight is 243 g/mol. The second-order valence-electron chi connectivity index (χ2n) is 6.13. The zero-order valence-electron chi connectivity index (χ0n) is 10.8. The number of hydrogen-bond acceptors (Lipinski definition) is 0. The molecule has 0 aromatic carbocycles. The Morgan fingerprint density at radius 3 is 2.44 bits per heavy atom. The number of rotatable bonds is 4. The maximum Gasteiger partial charge on any atom is 0.0364 e. The molecular weight excluding hydrogens is 216 g/mol. The van der Waals surface area contributed by atoms with E-state index in [4.69, 9.17) is 11.6 Å². The Hall–Kier alpha value is 0.290. The minimum atomic E-state index is 0.494. The van der Waals surface area contributed by atoms with E-state index in [0.717, 1.165) is 17.8 Å². The van der Waals surface area contributed by atoms with E-state index in [2.05, 4.69) is 6.92 Å². The van der Waals surface area contributed by atoms with Gasteiger partial charge in [-0.25, -0.2) is 0 Å². The Labute approximate surface area is 106 Å². The third-order valence-electron chi connectivity index (χ3n) is 4.81. The molecule has 2 fully saturated rings. The minimum absolute atomic E-state index is 0.494. The summed E-state index contributed by atoms with van der Waals surface area (Å²) in [4.78, 5) is 0. The van der Waals surface area contributed by atoms with Crippen molar-refractivity contribution in [2.24, 2.45) is 17.8 Å². The first-order valence-electron chi connectivity index (χ1n) is 7.43. The van der Waals surface area contributed by atoms with Crippen LogP contribution in [0.3, 0.4) is 0 Å². The number of hydrogen-bond donors (Lipinski definition) is 0. The molecule has 0 bridgehead atoms. The summed E-state index contributed by atoms with van der Waals surface area (Å²) in [5, 5.41) is 0.494. The van der Waals surface area contributed by atoms with Crippen LogP contribution in [0.5, 0.6) is 0 Å². The van der Waals surface area contributed by atoms with Crippen LogP contribution in [0.2, 0.25) is 0 Å². The summed E-state index contributed by atoms with van der Waals surface area (Å²) in [5.41, 5.74) is 0. The van der Waals surface area contributed by atoms with Crippen molar-refractivity contribution >= 4 is 11.6 Å². The third kappa shape index (κ3) is 3.39. The van der Waals surface area contributed by atoms with Gasteiger partial charge in [0, 0.05) is 5.38 Å². The molecule has 1 heteroatoms. The fourth-order valence-corrected chi connectivity index (χ4v) is 4.24. The average Bonchev–Trinajstić information content (AvgIpc) is 2.76. The van der Waals surface area contributed by atoms with E-state index in [1.54, 1.807) is 0 Å². The van der Waals surface area contributed by atoms with Crippen LogP contribution in [0.15, 0.2) is 0 Å². The Balaban J connectivity index is 1.80. The molecule has 0 aliphatic heterocycles. The van der Waals surface area contributed by atoms with Crippen LogP contribution in [0.25, 0.3) is 0 Å². The second kappa shape index (κ2) is 6.28. The summed E-state index contributed by atoms with van der Waals surface area (Å²) in [6, 6.07) is 0. The predicted molar refractivity (Wildman–Crippen MR) is 72.0 cm³/mol. The van der Waals surface area contributed by atoms with Crippen molar-refractivity contribution in [2.75, 3.05) is 0 Å². The quantitative estimate of drug-likeness (QED) is 0.580. The van der Waals surface area contributed by atoms with Gasteiger partial charge in [0.15, 0.2) is 0 Å². The molecule has 0 nitrogen and oxygen atoms in total. The molecule has 2 saturated carbocycles. The Kier molecular flexibility index (Phi) is 5.00. The van der Waals surface area contributed by atoms with Crippen molar-refractivity contribution in [3.63, 3.8) is 0 Å². The topological polar surface area (TPSA) is 0 Å². The molecule has 16 heavy (non-hydrogen) atoms. The molecule has 2 aliphatic carbocycles. The highest BCUT2D eigenvalue weighted by Crippen LogP contribution is 2.41. The summed E-state index contributed by atoms with van der Waals surface area (Å²) >= 11 is 6.53. The number of halogens is 1. The summed E-state index contributed by atoms with van der Waals surface area (Å²) in [7, 11) is 0. The van der Waals surface area contributed by atoms with E-state index >= 15 is 0 Å². The minimum Gasteiger partial charge on any atom is -0.123 e. The van der Waals surface area contributed by atoms with Crippen LogP contribution >= 0.6 is 11.6 Å². The lowest BCUT2D eigenvalue weighted by Gasteiger charge is -2.34. The molecule has 0 amide bonds. The molecule has 94 valence electrons. The van der Waals surface area contributed by atoms with Crippen LogP contribution in [0, 0.1) is 17.8 Å². The molecule has 0 saturated heterocycles. The highest BCUT2D eigenvalue weighted by atomic mass is 35.5. The summed E-state index contributed by atoms with van der Waals surface area (Å²) in [6.07, 6.45) is 14.3. The van der Waals surface area contributed by atoms with Crippen LogP contribution < -0.4 is 0 Å². The van der Waals surface area contributed by atoms with Gasteiger partial charge in [0.25, 0.3) is 0 Å². The maximum atomic E-state index is 6.53. The van der Waals surface area contributed by atoms with Crippen molar-refractivity contribution in [3.8, 4) is 0 Å². The van der Waals surface area contributed by atoms with Crippen molar-refractivity contribution in [3.05, 3.63) is 0 Å². The molecular formula is C15H27Cl. The second-order valence-corrected chi connectivity index (χ2v) is 6.69. The van der Waals surface area contributed by atoms with E-state index < -0.39 is 0 Å². The predicted octanol–water partition coefficient (Wildman–Crippen LogP) is 5.39. The van der Waals surface area contributed by atoms with Gasteiger partial charge in [0.05, 0.1) is 0 Å². The van der Waals surface area contributed by atoms with Crippen molar-refractivity contribution in [1.82, 2.24) is 0 Å². The van der Waals surface area contributed by atoms with Gasteiger partial charge in [-0.3, -0.25) is 0 Å². The first kappa shape index (κ1) is 12.7. The lowest BCUT2D eigenvalue weighted by atomic mass is 9.75. The lowest BCUT2D eigenvalue weighted by Crippen LogP contribution is -2.27. The van der Waals surface area contributed by atoms with E-state index in [9.17, 15) is 0 Å². The molecule has 3 atom stereocenters. The van der Waals surface area contributed by atoms with Gasteiger partial charge in [-0.15, -0.1) is 11.6 Å². The highest BCUT2D eigenvalue weighted by Gasteiger charge is 2.31. The van der Waals surface area contributed by atoms with Gasteiger partial charge >= 0.3 is 0 Å². The summed E-state index contributed by atoms with van der Waals surface area (Å²) < 4.78 is 0. The SMILES string of the molecule is CCCC1CCC(Cl)C(CC2CCCC2)C1. The zero-order valence-corrected chi connectivity index (χ0v) is 11.5. The van der Waals surface area contributed by atoms with Gasteiger partial charge in [-0.2, -0.15) is 0 Å². The Morgan fingerprint density at radius 1 is 1.00 bits per heavy atom. The maximum absolute atomic E-state index is 6.53. The molecule has 0 radical (unpaired) electrons. The number of alkyl halides is 1.